The van der Waals surface area contributed by atoms with Gasteiger partial charge in [-0.05, 0) is 49.4 Å². The molecular weight excluding hydrogens is 277 g/mol. The standard InChI is InChI=1S/C16H25ClFNO/c1-4-7-19-14(8-12(2)11-20-3)9-13-5-6-16(18)15(17)10-13/h5-6,10,12,14,19H,4,7-9,11H2,1-3H3. The molecule has 1 rings (SSSR count). The van der Waals surface area contributed by atoms with Crippen molar-refractivity contribution in [3.8, 4) is 0 Å². The van der Waals surface area contributed by atoms with Gasteiger partial charge < -0.3 is 10.1 Å². The van der Waals surface area contributed by atoms with Gasteiger partial charge in [-0.25, -0.2) is 4.39 Å². The quantitative estimate of drug-likeness (QED) is 0.742. The second kappa shape index (κ2) is 9.32. The van der Waals surface area contributed by atoms with Gasteiger partial charge in [-0.15, -0.1) is 0 Å². The van der Waals surface area contributed by atoms with Gasteiger partial charge in [-0.3, -0.25) is 0 Å². The number of rotatable bonds is 9. The van der Waals surface area contributed by atoms with Gasteiger partial charge in [-0.1, -0.05) is 31.5 Å². The molecule has 1 N–H and O–H groups in total. The van der Waals surface area contributed by atoms with Crippen LogP contribution in [0.1, 0.15) is 32.3 Å². The third-order valence-electron chi connectivity index (χ3n) is 3.29. The van der Waals surface area contributed by atoms with Crippen LogP contribution < -0.4 is 5.32 Å². The number of halogens is 2. The fourth-order valence-electron chi connectivity index (χ4n) is 2.38. The van der Waals surface area contributed by atoms with Gasteiger partial charge in [0.1, 0.15) is 5.82 Å². The van der Waals surface area contributed by atoms with Gasteiger partial charge in [0.15, 0.2) is 0 Å². The highest BCUT2D eigenvalue weighted by Gasteiger charge is 2.14. The molecule has 0 saturated heterocycles. The lowest BCUT2D eigenvalue weighted by atomic mass is 9.96. The highest BCUT2D eigenvalue weighted by atomic mass is 35.5. The second-order valence-corrected chi connectivity index (χ2v) is 5.81. The Labute approximate surface area is 126 Å². The average molecular weight is 302 g/mol. The van der Waals surface area contributed by atoms with Crippen molar-refractivity contribution in [1.29, 1.82) is 0 Å². The molecule has 2 unspecified atom stereocenters. The van der Waals surface area contributed by atoms with Crippen LogP contribution in [-0.2, 0) is 11.2 Å². The fraction of sp³-hybridized carbons (Fsp3) is 0.625. The Bertz CT molecular complexity index is 400. The summed E-state index contributed by atoms with van der Waals surface area (Å²) < 4.78 is 18.4. The number of ether oxygens (including phenoxy) is 1. The Morgan fingerprint density at radius 1 is 1.40 bits per heavy atom. The van der Waals surface area contributed by atoms with E-state index in [1.807, 2.05) is 6.07 Å². The summed E-state index contributed by atoms with van der Waals surface area (Å²) in [5.74, 6) is 0.131. The number of hydrogen-bond donors (Lipinski definition) is 1. The third-order valence-corrected chi connectivity index (χ3v) is 3.58. The fourth-order valence-corrected chi connectivity index (χ4v) is 2.58. The Morgan fingerprint density at radius 2 is 2.15 bits per heavy atom. The van der Waals surface area contributed by atoms with Gasteiger partial charge in [0.2, 0.25) is 0 Å². The van der Waals surface area contributed by atoms with Crippen LogP contribution in [0.3, 0.4) is 0 Å². The second-order valence-electron chi connectivity index (χ2n) is 5.40. The van der Waals surface area contributed by atoms with Crippen LogP contribution in [-0.4, -0.2) is 26.3 Å². The van der Waals surface area contributed by atoms with Crippen molar-refractivity contribution in [2.75, 3.05) is 20.3 Å². The SMILES string of the molecule is CCCNC(Cc1ccc(F)c(Cl)c1)CC(C)COC. The Kier molecular flexibility index (Phi) is 8.12. The number of methoxy groups -OCH3 is 1. The van der Waals surface area contributed by atoms with Crippen molar-refractivity contribution < 1.29 is 9.13 Å². The molecular formula is C16H25ClFNO. The molecule has 20 heavy (non-hydrogen) atoms. The first-order valence-corrected chi connectivity index (χ1v) is 7.60. The van der Waals surface area contributed by atoms with E-state index in [-0.39, 0.29) is 10.8 Å². The minimum atomic E-state index is -0.360. The smallest absolute Gasteiger partial charge is 0.141 e. The summed E-state index contributed by atoms with van der Waals surface area (Å²) in [5, 5.41) is 3.74. The van der Waals surface area contributed by atoms with Crippen molar-refractivity contribution in [3.63, 3.8) is 0 Å². The molecule has 0 aliphatic heterocycles. The van der Waals surface area contributed by atoms with Crippen LogP contribution in [0.25, 0.3) is 0 Å². The van der Waals surface area contributed by atoms with E-state index < -0.39 is 0 Å². The molecule has 0 spiro atoms. The lowest BCUT2D eigenvalue weighted by molar-refractivity contribution is 0.149. The van der Waals surface area contributed by atoms with Crippen LogP contribution >= 0.6 is 11.6 Å². The zero-order valence-electron chi connectivity index (χ0n) is 12.6. The molecule has 114 valence electrons. The van der Waals surface area contributed by atoms with Gasteiger partial charge in [0.05, 0.1) is 5.02 Å². The lowest BCUT2D eigenvalue weighted by Gasteiger charge is -2.22. The molecule has 0 fully saturated rings. The average Bonchev–Trinajstić information content (AvgIpc) is 2.40. The summed E-state index contributed by atoms with van der Waals surface area (Å²) >= 11 is 5.84. The molecule has 0 amide bonds. The van der Waals surface area contributed by atoms with E-state index in [0.717, 1.165) is 38.0 Å². The normalized spacial score (nSPS) is 14.2. The molecule has 1 aromatic carbocycles. The first-order valence-electron chi connectivity index (χ1n) is 7.23. The molecule has 0 heterocycles. The monoisotopic (exact) mass is 301 g/mol. The molecule has 2 nitrogen and oxygen atoms in total. The van der Waals surface area contributed by atoms with Crippen LogP contribution in [0, 0.1) is 11.7 Å². The van der Waals surface area contributed by atoms with E-state index in [1.54, 1.807) is 13.2 Å². The largest absolute Gasteiger partial charge is 0.384 e. The lowest BCUT2D eigenvalue weighted by Crippen LogP contribution is -2.34. The highest BCUT2D eigenvalue weighted by Crippen LogP contribution is 2.19. The van der Waals surface area contributed by atoms with Crippen molar-refractivity contribution in [2.24, 2.45) is 5.92 Å². The van der Waals surface area contributed by atoms with E-state index >= 15 is 0 Å². The minimum absolute atomic E-state index is 0.196. The molecule has 0 aromatic heterocycles. The van der Waals surface area contributed by atoms with Crippen LogP contribution in [0.4, 0.5) is 4.39 Å². The first-order chi connectivity index (χ1) is 9.56. The predicted octanol–water partition coefficient (Wildman–Crippen LogP) is 4.06. The van der Waals surface area contributed by atoms with Gasteiger partial charge in [-0.2, -0.15) is 0 Å². The zero-order chi connectivity index (χ0) is 15.0. The van der Waals surface area contributed by atoms with Gasteiger partial charge >= 0.3 is 0 Å². The van der Waals surface area contributed by atoms with Crippen molar-refractivity contribution >= 4 is 11.6 Å². The molecule has 1 aromatic rings. The maximum Gasteiger partial charge on any atom is 0.141 e. The maximum absolute atomic E-state index is 13.2. The van der Waals surface area contributed by atoms with Gasteiger partial charge in [0.25, 0.3) is 0 Å². The molecule has 0 radical (unpaired) electrons. The van der Waals surface area contributed by atoms with E-state index in [0.29, 0.717) is 12.0 Å². The molecule has 0 saturated carbocycles. The summed E-state index contributed by atoms with van der Waals surface area (Å²) in [6.07, 6.45) is 2.98. The summed E-state index contributed by atoms with van der Waals surface area (Å²) in [6.45, 7) is 6.08. The van der Waals surface area contributed by atoms with E-state index in [1.165, 1.54) is 6.07 Å². The Balaban J connectivity index is 2.64. The third kappa shape index (κ3) is 6.21. The van der Waals surface area contributed by atoms with Crippen LogP contribution in [0.2, 0.25) is 5.02 Å². The number of benzene rings is 1. The molecule has 0 aliphatic carbocycles. The zero-order valence-corrected chi connectivity index (χ0v) is 13.3. The first kappa shape index (κ1) is 17.4. The molecule has 0 bridgehead atoms. The van der Waals surface area contributed by atoms with E-state index in [4.69, 9.17) is 16.3 Å². The number of hydrogen-bond acceptors (Lipinski definition) is 2. The Hall–Kier alpha value is -0.640. The van der Waals surface area contributed by atoms with Gasteiger partial charge in [0, 0.05) is 19.8 Å². The summed E-state index contributed by atoms with van der Waals surface area (Å²) in [5.41, 5.74) is 1.06. The predicted molar refractivity (Wildman–Crippen MR) is 82.9 cm³/mol. The summed E-state index contributed by atoms with van der Waals surface area (Å²) in [7, 11) is 1.73. The highest BCUT2D eigenvalue weighted by molar-refractivity contribution is 6.30. The Morgan fingerprint density at radius 3 is 2.75 bits per heavy atom. The van der Waals surface area contributed by atoms with Crippen LogP contribution in [0.5, 0.6) is 0 Å². The summed E-state index contributed by atoms with van der Waals surface area (Å²) in [6, 6.07) is 5.33. The maximum atomic E-state index is 13.2. The van der Waals surface area contributed by atoms with Crippen molar-refractivity contribution in [3.05, 3.63) is 34.6 Å². The minimum Gasteiger partial charge on any atom is -0.384 e. The molecule has 2 atom stereocenters. The number of nitrogens with one attached hydrogen (secondary N) is 1. The van der Waals surface area contributed by atoms with E-state index in [9.17, 15) is 4.39 Å². The topological polar surface area (TPSA) is 21.3 Å². The van der Waals surface area contributed by atoms with Crippen molar-refractivity contribution in [1.82, 2.24) is 5.32 Å². The van der Waals surface area contributed by atoms with Crippen molar-refractivity contribution in [2.45, 2.75) is 39.2 Å². The molecule has 4 heteroatoms. The van der Waals surface area contributed by atoms with Crippen LogP contribution in [0.15, 0.2) is 18.2 Å². The summed E-state index contributed by atoms with van der Waals surface area (Å²) in [4.78, 5) is 0. The molecule has 0 aliphatic rings. The van der Waals surface area contributed by atoms with E-state index in [2.05, 4.69) is 19.2 Å².